The molecule has 8 nitrogen and oxygen atoms in total. The van der Waals surface area contributed by atoms with Gasteiger partial charge in [-0.05, 0) is 50.1 Å². The van der Waals surface area contributed by atoms with Crippen LogP contribution in [0.25, 0.3) is 22.2 Å². The summed E-state index contributed by atoms with van der Waals surface area (Å²) in [5.41, 5.74) is 5.97. The summed E-state index contributed by atoms with van der Waals surface area (Å²) in [5, 5.41) is 0.450. The quantitative estimate of drug-likeness (QED) is 0.411. The number of aromatic nitrogens is 3. The molecule has 35 heavy (non-hydrogen) atoms. The molecule has 0 radical (unpaired) electrons. The number of fused-ring (bicyclic) bond motifs is 1. The van der Waals surface area contributed by atoms with E-state index < -0.39 is 38.7 Å². The normalized spacial score (nSPS) is 11.8. The fourth-order valence-corrected chi connectivity index (χ4v) is 4.95. The van der Waals surface area contributed by atoms with Crippen LogP contribution in [0.5, 0.6) is 0 Å². The van der Waals surface area contributed by atoms with Crippen LogP contribution >= 0.6 is 0 Å². The number of nitrogens with one attached hydrogen (secondary N) is 1. The first-order valence-corrected chi connectivity index (χ1v) is 12.3. The Balaban J connectivity index is 1.75. The van der Waals surface area contributed by atoms with E-state index in [1.54, 1.807) is 38.1 Å². The third kappa shape index (κ3) is 4.99. The fraction of sp³-hybridized carbons (Fsp3) is 0.208. The van der Waals surface area contributed by atoms with Crippen molar-refractivity contribution < 1.29 is 17.2 Å². The van der Waals surface area contributed by atoms with Crippen molar-refractivity contribution in [2.24, 2.45) is 0 Å². The SMILES string of the molecule is Cc1ccc(CS(=O)(=O)Nc2c(F)cc(-c3cc4cnc(N)nc4n(C(C)C)c3=O)cc2F)cc1. The van der Waals surface area contributed by atoms with Crippen molar-refractivity contribution in [3.63, 3.8) is 0 Å². The van der Waals surface area contributed by atoms with Crippen LogP contribution in [-0.4, -0.2) is 23.0 Å². The second kappa shape index (κ2) is 9.06. The first-order valence-electron chi connectivity index (χ1n) is 10.7. The van der Waals surface area contributed by atoms with Crippen LogP contribution in [0.3, 0.4) is 0 Å². The Morgan fingerprint density at radius 3 is 2.31 bits per heavy atom. The number of benzene rings is 2. The molecule has 4 aromatic rings. The largest absolute Gasteiger partial charge is 0.368 e. The van der Waals surface area contributed by atoms with E-state index in [0.717, 1.165) is 17.7 Å². The molecule has 0 saturated heterocycles. The average Bonchev–Trinajstić information content (AvgIpc) is 2.77. The van der Waals surface area contributed by atoms with Gasteiger partial charge in [-0.2, -0.15) is 4.98 Å². The van der Waals surface area contributed by atoms with Crippen molar-refractivity contribution in [3.8, 4) is 11.1 Å². The van der Waals surface area contributed by atoms with E-state index in [2.05, 4.69) is 9.97 Å². The molecule has 4 rings (SSSR count). The molecule has 182 valence electrons. The second-order valence-corrected chi connectivity index (χ2v) is 10.2. The minimum atomic E-state index is -4.11. The fourth-order valence-electron chi connectivity index (χ4n) is 3.74. The molecule has 2 aromatic carbocycles. The van der Waals surface area contributed by atoms with Gasteiger partial charge in [0.1, 0.15) is 11.3 Å². The average molecular weight is 500 g/mol. The molecule has 0 aliphatic carbocycles. The lowest BCUT2D eigenvalue weighted by Crippen LogP contribution is -2.25. The zero-order chi connectivity index (χ0) is 25.5. The van der Waals surface area contributed by atoms with Gasteiger partial charge in [-0.15, -0.1) is 0 Å². The zero-order valence-corrected chi connectivity index (χ0v) is 20.0. The Kier molecular flexibility index (Phi) is 6.28. The summed E-state index contributed by atoms with van der Waals surface area (Å²) in [7, 11) is -4.11. The number of aryl methyl sites for hydroxylation is 1. The Bertz CT molecular complexity index is 1580. The first kappa shape index (κ1) is 24.3. The van der Waals surface area contributed by atoms with Gasteiger partial charge in [-0.25, -0.2) is 22.2 Å². The maximum Gasteiger partial charge on any atom is 0.260 e. The number of nitrogens with two attached hydrogens (primary N) is 1. The Hall–Kier alpha value is -3.86. The molecule has 0 aliphatic rings. The summed E-state index contributed by atoms with van der Waals surface area (Å²) in [6, 6.07) is 9.66. The number of hydrogen-bond acceptors (Lipinski definition) is 6. The highest BCUT2D eigenvalue weighted by atomic mass is 32.2. The summed E-state index contributed by atoms with van der Waals surface area (Å²) < 4.78 is 58.3. The predicted octanol–water partition coefficient (Wildman–Crippen LogP) is 4.15. The van der Waals surface area contributed by atoms with Crippen LogP contribution in [-0.2, 0) is 15.8 Å². The molecule has 2 aromatic heterocycles. The van der Waals surface area contributed by atoms with E-state index in [4.69, 9.17) is 5.73 Å². The topological polar surface area (TPSA) is 120 Å². The van der Waals surface area contributed by atoms with Gasteiger partial charge < -0.3 is 5.73 Å². The van der Waals surface area contributed by atoms with Crippen LogP contribution < -0.4 is 16.0 Å². The van der Waals surface area contributed by atoms with Crippen LogP contribution in [0.4, 0.5) is 20.4 Å². The van der Waals surface area contributed by atoms with Crippen LogP contribution in [0.2, 0.25) is 0 Å². The number of halogens is 2. The van der Waals surface area contributed by atoms with Gasteiger partial charge in [0.15, 0.2) is 11.6 Å². The minimum absolute atomic E-state index is 0.00596. The van der Waals surface area contributed by atoms with Crippen LogP contribution in [0, 0.1) is 18.6 Å². The molecular weight excluding hydrogens is 476 g/mol. The summed E-state index contributed by atoms with van der Waals surface area (Å²) in [6.07, 6.45) is 1.42. The van der Waals surface area contributed by atoms with Crippen molar-refractivity contribution in [2.75, 3.05) is 10.5 Å². The van der Waals surface area contributed by atoms with E-state index in [1.807, 2.05) is 11.6 Å². The first-order chi connectivity index (χ1) is 16.4. The van der Waals surface area contributed by atoms with Crippen molar-refractivity contribution in [1.82, 2.24) is 14.5 Å². The molecule has 0 saturated carbocycles. The van der Waals surface area contributed by atoms with Gasteiger partial charge in [-0.3, -0.25) is 14.1 Å². The number of hydrogen-bond donors (Lipinski definition) is 2. The van der Waals surface area contributed by atoms with Crippen molar-refractivity contribution in [3.05, 3.63) is 81.8 Å². The van der Waals surface area contributed by atoms with E-state index in [9.17, 15) is 22.0 Å². The van der Waals surface area contributed by atoms with Crippen LogP contribution in [0.1, 0.15) is 31.0 Å². The maximum atomic E-state index is 15.0. The second-order valence-electron chi connectivity index (χ2n) is 8.50. The summed E-state index contributed by atoms with van der Waals surface area (Å²) in [6.45, 7) is 5.38. The zero-order valence-electron chi connectivity index (χ0n) is 19.2. The predicted molar refractivity (Wildman–Crippen MR) is 131 cm³/mol. The monoisotopic (exact) mass is 499 g/mol. The van der Waals surface area contributed by atoms with Gasteiger partial charge >= 0.3 is 0 Å². The highest BCUT2D eigenvalue weighted by Gasteiger charge is 2.21. The molecule has 0 amide bonds. The lowest BCUT2D eigenvalue weighted by atomic mass is 10.0. The van der Waals surface area contributed by atoms with Gasteiger partial charge in [0.05, 0.1) is 5.75 Å². The van der Waals surface area contributed by atoms with Gasteiger partial charge in [0.25, 0.3) is 5.56 Å². The highest BCUT2D eigenvalue weighted by Crippen LogP contribution is 2.29. The Labute approximate surface area is 200 Å². The molecule has 3 N–H and O–H groups in total. The number of pyridine rings is 1. The molecule has 0 unspecified atom stereocenters. The molecule has 0 aliphatic heterocycles. The number of nitrogen functional groups attached to an aromatic ring is 1. The van der Waals surface area contributed by atoms with Crippen molar-refractivity contribution in [1.29, 1.82) is 0 Å². The summed E-state index contributed by atoms with van der Waals surface area (Å²) in [4.78, 5) is 21.3. The summed E-state index contributed by atoms with van der Waals surface area (Å²) in [5.74, 6) is -2.78. The Morgan fingerprint density at radius 2 is 1.71 bits per heavy atom. The van der Waals surface area contributed by atoms with Gasteiger partial charge in [-0.1, -0.05) is 29.8 Å². The molecular formula is C24H23F2N5O3S. The van der Waals surface area contributed by atoms with Crippen molar-refractivity contribution >= 4 is 32.7 Å². The van der Waals surface area contributed by atoms with E-state index in [-0.39, 0.29) is 23.1 Å². The molecule has 0 bridgehead atoms. The van der Waals surface area contributed by atoms with E-state index in [1.165, 1.54) is 16.8 Å². The number of sulfonamides is 1. The lowest BCUT2D eigenvalue weighted by Gasteiger charge is -2.16. The standard InChI is InChI=1S/C24H23F2N5O3S/c1-13(2)31-22-17(11-28-24(27)29-22)8-18(23(31)32)16-9-19(25)21(20(26)10-16)30-35(33,34)12-15-6-4-14(3)5-7-15/h4-11,13,30H,12H2,1-3H3,(H2,27,28,29). The maximum absolute atomic E-state index is 15.0. The van der Waals surface area contributed by atoms with Gasteiger partial charge in [0, 0.05) is 23.2 Å². The smallest absolute Gasteiger partial charge is 0.260 e. The number of anilines is 2. The Morgan fingerprint density at radius 1 is 1.09 bits per heavy atom. The number of nitrogens with zero attached hydrogens (tertiary/aromatic N) is 3. The molecule has 2 heterocycles. The summed E-state index contributed by atoms with van der Waals surface area (Å²) >= 11 is 0. The number of rotatable bonds is 6. The molecule has 0 atom stereocenters. The van der Waals surface area contributed by atoms with E-state index >= 15 is 0 Å². The lowest BCUT2D eigenvalue weighted by molar-refractivity contribution is 0.582. The van der Waals surface area contributed by atoms with E-state index in [0.29, 0.717) is 16.6 Å². The third-order valence-corrected chi connectivity index (χ3v) is 6.62. The van der Waals surface area contributed by atoms with Crippen molar-refractivity contribution in [2.45, 2.75) is 32.6 Å². The highest BCUT2D eigenvalue weighted by molar-refractivity contribution is 7.91. The molecule has 11 heteroatoms. The third-order valence-electron chi connectivity index (χ3n) is 5.40. The van der Waals surface area contributed by atoms with Crippen LogP contribution in [0.15, 0.2) is 53.5 Å². The molecule has 0 spiro atoms. The van der Waals surface area contributed by atoms with Gasteiger partial charge in [0.2, 0.25) is 16.0 Å². The molecule has 0 fully saturated rings. The minimum Gasteiger partial charge on any atom is -0.368 e.